The minimum absolute atomic E-state index is 0.196. The maximum atomic E-state index is 9.68. The zero-order chi connectivity index (χ0) is 9.26. The lowest BCUT2D eigenvalue weighted by Gasteiger charge is -2.17. The highest BCUT2D eigenvalue weighted by Gasteiger charge is 2.21. The summed E-state index contributed by atoms with van der Waals surface area (Å²) in [5.74, 6) is 0. The predicted molar refractivity (Wildman–Crippen MR) is 52.3 cm³/mol. The molecule has 0 bridgehead atoms. The highest BCUT2D eigenvalue weighted by molar-refractivity contribution is 5.31. The Balaban J connectivity index is 2.40. The van der Waals surface area contributed by atoms with Gasteiger partial charge in [-0.05, 0) is 30.4 Å². The number of rotatable bonds is 0. The van der Waals surface area contributed by atoms with Crippen LogP contribution in [0.5, 0.6) is 0 Å². The van der Waals surface area contributed by atoms with Crippen LogP contribution < -0.4 is 5.73 Å². The van der Waals surface area contributed by atoms with Gasteiger partial charge < -0.3 is 10.8 Å². The smallest absolute Gasteiger partial charge is 0.0733 e. The predicted octanol–water partition coefficient (Wildman–Crippen LogP) is 1.38. The largest absolute Gasteiger partial charge is 0.391 e. The van der Waals surface area contributed by atoms with E-state index in [2.05, 4.69) is 6.07 Å². The number of hydrogen-bond acceptors (Lipinski definition) is 2. The molecule has 0 amide bonds. The Morgan fingerprint density at radius 1 is 1.31 bits per heavy atom. The van der Waals surface area contributed by atoms with Gasteiger partial charge in [-0.2, -0.15) is 0 Å². The van der Waals surface area contributed by atoms with Crippen LogP contribution in [0.1, 0.15) is 30.0 Å². The summed E-state index contributed by atoms with van der Waals surface area (Å²) in [4.78, 5) is 0. The molecule has 2 heteroatoms. The quantitative estimate of drug-likeness (QED) is 0.588. The summed E-state index contributed by atoms with van der Waals surface area (Å²) in [6.07, 6.45) is 2.52. The van der Waals surface area contributed by atoms with Gasteiger partial charge >= 0.3 is 0 Å². The minimum atomic E-state index is -0.372. The van der Waals surface area contributed by atoms with Crippen LogP contribution in [0.15, 0.2) is 24.3 Å². The van der Waals surface area contributed by atoms with Crippen molar-refractivity contribution >= 4 is 0 Å². The van der Waals surface area contributed by atoms with E-state index < -0.39 is 0 Å². The monoisotopic (exact) mass is 177 g/mol. The first-order valence-corrected chi connectivity index (χ1v) is 4.80. The Morgan fingerprint density at radius 2 is 2.08 bits per heavy atom. The van der Waals surface area contributed by atoms with Crippen molar-refractivity contribution in [2.24, 2.45) is 5.73 Å². The van der Waals surface area contributed by atoms with Gasteiger partial charge in [0, 0.05) is 0 Å². The minimum Gasteiger partial charge on any atom is -0.391 e. The lowest BCUT2D eigenvalue weighted by Crippen LogP contribution is -2.25. The lowest BCUT2D eigenvalue weighted by atomic mass is 9.99. The Bertz CT molecular complexity index is 298. The number of aryl methyl sites for hydroxylation is 1. The number of fused-ring (bicyclic) bond motifs is 1. The van der Waals surface area contributed by atoms with Gasteiger partial charge in [-0.15, -0.1) is 0 Å². The van der Waals surface area contributed by atoms with Gasteiger partial charge in [0.2, 0.25) is 0 Å². The number of nitrogens with two attached hydrogens (primary N) is 1. The summed E-state index contributed by atoms with van der Waals surface area (Å²) in [7, 11) is 0. The van der Waals surface area contributed by atoms with Crippen LogP contribution in [0, 0.1) is 0 Å². The van der Waals surface area contributed by atoms with Crippen molar-refractivity contribution in [3.05, 3.63) is 35.4 Å². The van der Waals surface area contributed by atoms with Crippen molar-refractivity contribution < 1.29 is 5.11 Å². The van der Waals surface area contributed by atoms with Crippen molar-refractivity contribution in [2.45, 2.75) is 31.4 Å². The Hall–Kier alpha value is -0.860. The molecule has 0 spiro atoms. The summed E-state index contributed by atoms with van der Waals surface area (Å²) in [6.45, 7) is 0. The average molecular weight is 177 g/mol. The van der Waals surface area contributed by atoms with E-state index in [1.54, 1.807) is 0 Å². The van der Waals surface area contributed by atoms with Crippen LogP contribution in [-0.4, -0.2) is 11.2 Å². The molecule has 70 valence electrons. The summed E-state index contributed by atoms with van der Waals surface area (Å²) in [5.41, 5.74) is 8.36. The van der Waals surface area contributed by atoms with Gasteiger partial charge in [-0.1, -0.05) is 24.3 Å². The van der Waals surface area contributed by atoms with Gasteiger partial charge in [0.1, 0.15) is 0 Å². The summed E-state index contributed by atoms with van der Waals surface area (Å²) >= 11 is 0. The first-order chi connectivity index (χ1) is 6.29. The van der Waals surface area contributed by atoms with Gasteiger partial charge in [-0.3, -0.25) is 0 Å². The molecule has 13 heavy (non-hydrogen) atoms. The van der Waals surface area contributed by atoms with Crippen molar-refractivity contribution in [3.8, 4) is 0 Å². The molecule has 3 N–H and O–H groups in total. The Labute approximate surface area is 78.4 Å². The molecule has 0 aromatic heterocycles. The number of aliphatic hydroxyl groups excluding tert-OH is 1. The molecule has 0 saturated heterocycles. The summed E-state index contributed by atoms with van der Waals surface area (Å²) < 4.78 is 0. The van der Waals surface area contributed by atoms with Gasteiger partial charge in [0.25, 0.3) is 0 Å². The van der Waals surface area contributed by atoms with Gasteiger partial charge in [0.15, 0.2) is 0 Å². The second-order valence-electron chi connectivity index (χ2n) is 3.68. The van der Waals surface area contributed by atoms with Crippen LogP contribution in [0.2, 0.25) is 0 Å². The second-order valence-corrected chi connectivity index (χ2v) is 3.68. The average Bonchev–Trinajstić information content (AvgIpc) is 2.29. The molecule has 1 aromatic carbocycles. The molecule has 1 aliphatic rings. The molecule has 2 rings (SSSR count). The molecule has 0 unspecified atom stereocenters. The number of hydrogen-bond donors (Lipinski definition) is 2. The SMILES string of the molecule is N[C@H]1c2ccccc2CCC[C@H]1O. The topological polar surface area (TPSA) is 46.2 Å². The first-order valence-electron chi connectivity index (χ1n) is 4.80. The summed E-state index contributed by atoms with van der Waals surface area (Å²) in [5, 5.41) is 9.68. The van der Waals surface area contributed by atoms with Crippen LogP contribution in [0.3, 0.4) is 0 Å². The van der Waals surface area contributed by atoms with Crippen LogP contribution in [-0.2, 0) is 6.42 Å². The fourth-order valence-electron chi connectivity index (χ4n) is 1.98. The van der Waals surface area contributed by atoms with Crippen LogP contribution in [0.25, 0.3) is 0 Å². The Kier molecular flexibility index (Phi) is 2.34. The van der Waals surface area contributed by atoms with E-state index in [0.29, 0.717) is 0 Å². The van der Waals surface area contributed by atoms with E-state index in [1.807, 2.05) is 18.2 Å². The van der Waals surface area contributed by atoms with Crippen LogP contribution >= 0.6 is 0 Å². The van der Waals surface area contributed by atoms with Crippen molar-refractivity contribution in [3.63, 3.8) is 0 Å². The number of benzene rings is 1. The molecule has 2 nitrogen and oxygen atoms in total. The molecule has 1 aromatic rings. The van der Waals surface area contributed by atoms with Crippen LogP contribution in [0.4, 0.5) is 0 Å². The van der Waals surface area contributed by atoms with E-state index in [4.69, 9.17) is 5.73 Å². The molecule has 0 saturated carbocycles. The van der Waals surface area contributed by atoms with Gasteiger partial charge in [0.05, 0.1) is 12.1 Å². The zero-order valence-electron chi connectivity index (χ0n) is 7.61. The summed E-state index contributed by atoms with van der Waals surface area (Å²) in [6, 6.07) is 7.94. The molecule has 0 fully saturated rings. The van der Waals surface area contributed by atoms with E-state index >= 15 is 0 Å². The second kappa shape index (κ2) is 3.48. The number of aliphatic hydroxyl groups is 1. The third kappa shape index (κ3) is 1.60. The molecule has 0 aliphatic heterocycles. The van der Waals surface area contributed by atoms with E-state index in [-0.39, 0.29) is 12.1 Å². The van der Waals surface area contributed by atoms with Crippen molar-refractivity contribution in [1.29, 1.82) is 0 Å². The lowest BCUT2D eigenvalue weighted by molar-refractivity contribution is 0.136. The molecule has 2 atom stereocenters. The maximum absolute atomic E-state index is 9.68. The third-order valence-electron chi connectivity index (χ3n) is 2.77. The van der Waals surface area contributed by atoms with Gasteiger partial charge in [-0.25, -0.2) is 0 Å². The van der Waals surface area contributed by atoms with E-state index in [0.717, 1.165) is 24.8 Å². The molecule has 1 aliphatic carbocycles. The van der Waals surface area contributed by atoms with E-state index in [1.165, 1.54) is 5.56 Å². The third-order valence-corrected chi connectivity index (χ3v) is 2.77. The van der Waals surface area contributed by atoms with Crippen molar-refractivity contribution in [2.75, 3.05) is 0 Å². The normalized spacial score (nSPS) is 27.8. The fraction of sp³-hybridized carbons (Fsp3) is 0.455. The van der Waals surface area contributed by atoms with Crippen molar-refractivity contribution in [1.82, 2.24) is 0 Å². The molecule has 0 radical (unpaired) electrons. The standard InChI is InChI=1S/C11H15NO/c12-11-9-6-2-1-4-8(9)5-3-7-10(11)13/h1-2,4,6,10-11,13H,3,5,7,12H2/t10-,11+/m1/s1. The molecule has 0 heterocycles. The highest BCUT2D eigenvalue weighted by atomic mass is 16.3. The van der Waals surface area contributed by atoms with E-state index in [9.17, 15) is 5.11 Å². The Morgan fingerprint density at radius 3 is 2.92 bits per heavy atom. The fourth-order valence-corrected chi connectivity index (χ4v) is 1.98. The molecular formula is C11H15NO. The maximum Gasteiger partial charge on any atom is 0.0733 e. The first kappa shape index (κ1) is 8.73. The molecular weight excluding hydrogens is 162 g/mol. The zero-order valence-corrected chi connectivity index (χ0v) is 7.61. The highest BCUT2D eigenvalue weighted by Crippen LogP contribution is 2.26.